The standard InChI is InChI=1S/C27H24N2O3/c1-30-21-10-7-11-22(18-21)31-17-16-29-25-14-5-4-13-24(25)28-27(29)19-32-26-15-6-9-20-8-2-3-12-23(20)26/h2-15,18H,16-17,19H2,1H3. The summed E-state index contributed by atoms with van der Waals surface area (Å²) in [5.74, 6) is 3.28. The summed E-state index contributed by atoms with van der Waals surface area (Å²) in [6.07, 6.45) is 0. The molecule has 4 aromatic carbocycles. The summed E-state index contributed by atoms with van der Waals surface area (Å²) in [7, 11) is 1.65. The SMILES string of the molecule is COc1cccc(OCCn2c(COc3cccc4ccccc34)nc3ccccc32)c1. The van der Waals surface area contributed by atoms with E-state index in [0.29, 0.717) is 19.8 Å². The van der Waals surface area contributed by atoms with E-state index in [1.54, 1.807) is 7.11 Å². The van der Waals surface area contributed by atoms with E-state index < -0.39 is 0 Å². The van der Waals surface area contributed by atoms with Gasteiger partial charge in [0.05, 0.1) is 24.7 Å². The Morgan fingerprint density at radius 3 is 2.50 bits per heavy atom. The first-order chi connectivity index (χ1) is 15.8. The fourth-order valence-corrected chi connectivity index (χ4v) is 3.89. The molecular weight excluding hydrogens is 400 g/mol. The van der Waals surface area contributed by atoms with Gasteiger partial charge in [-0.25, -0.2) is 4.98 Å². The first-order valence-corrected chi connectivity index (χ1v) is 10.6. The van der Waals surface area contributed by atoms with E-state index in [4.69, 9.17) is 19.2 Å². The largest absolute Gasteiger partial charge is 0.497 e. The molecule has 32 heavy (non-hydrogen) atoms. The van der Waals surface area contributed by atoms with Crippen LogP contribution >= 0.6 is 0 Å². The van der Waals surface area contributed by atoms with Crippen LogP contribution < -0.4 is 14.2 Å². The maximum atomic E-state index is 6.23. The summed E-state index contributed by atoms with van der Waals surface area (Å²) in [4.78, 5) is 4.82. The minimum Gasteiger partial charge on any atom is -0.497 e. The minimum absolute atomic E-state index is 0.377. The Balaban J connectivity index is 1.36. The summed E-state index contributed by atoms with van der Waals surface area (Å²) in [6, 6.07) is 30.1. The molecule has 5 nitrogen and oxygen atoms in total. The first-order valence-electron chi connectivity index (χ1n) is 10.6. The molecule has 0 aliphatic rings. The highest BCUT2D eigenvalue weighted by Crippen LogP contribution is 2.26. The van der Waals surface area contributed by atoms with Gasteiger partial charge in [-0.15, -0.1) is 0 Å². The summed E-state index contributed by atoms with van der Waals surface area (Å²) in [5.41, 5.74) is 2.02. The van der Waals surface area contributed by atoms with Gasteiger partial charge in [0.2, 0.25) is 0 Å². The normalized spacial score (nSPS) is 11.0. The van der Waals surface area contributed by atoms with E-state index >= 15 is 0 Å². The van der Waals surface area contributed by atoms with E-state index in [2.05, 4.69) is 28.8 Å². The van der Waals surface area contributed by atoms with Crippen molar-refractivity contribution in [1.82, 2.24) is 9.55 Å². The number of fused-ring (bicyclic) bond motifs is 2. The average Bonchev–Trinajstić information content (AvgIpc) is 3.20. The summed E-state index contributed by atoms with van der Waals surface area (Å²) >= 11 is 0. The average molecular weight is 425 g/mol. The van der Waals surface area contributed by atoms with Crippen molar-refractivity contribution in [1.29, 1.82) is 0 Å². The molecule has 5 rings (SSSR count). The molecule has 0 amide bonds. The molecule has 1 heterocycles. The Morgan fingerprint density at radius 2 is 1.56 bits per heavy atom. The lowest BCUT2D eigenvalue weighted by Gasteiger charge is -2.13. The smallest absolute Gasteiger partial charge is 0.148 e. The number of ether oxygens (including phenoxy) is 3. The molecule has 0 N–H and O–H groups in total. The number of aromatic nitrogens is 2. The Bertz CT molecular complexity index is 1350. The highest BCUT2D eigenvalue weighted by molar-refractivity contribution is 5.88. The van der Waals surface area contributed by atoms with Gasteiger partial charge in [-0.05, 0) is 35.7 Å². The van der Waals surface area contributed by atoms with Gasteiger partial charge in [0, 0.05) is 11.5 Å². The predicted octanol–water partition coefficient (Wildman–Crippen LogP) is 5.86. The molecule has 1 aromatic heterocycles. The molecule has 0 aliphatic carbocycles. The molecule has 0 saturated carbocycles. The van der Waals surface area contributed by atoms with E-state index in [9.17, 15) is 0 Å². The van der Waals surface area contributed by atoms with Gasteiger partial charge in [-0.1, -0.05) is 54.6 Å². The monoisotopic (exact) mass is 424 g/mol. The van der Waals surface area contributed by atoms with Crippen molar-refractivity contribution in [3.63, 3.8) is 0 Å². The maximum Gasteiger partial charge on any atom is 0.148 e. The van der Waals surface area contributed by atoms with Crippen molar-refractivity contribution < 1.29 is 14.2 Å². The number of methoxy groups -OCH3 is 1. The van der Waals surface area contributed by atoms with Crippen molar-refractivity contribution in [2.24, 2.45) is 0 Å². The van der Waals surface area contributed by atoms with Crippen LogP contribution in [-0.2, 0) is 13.2 Å². The molecule has 0 aliphatic heterocycles. The molecule has 0 fully saturated rings. The third-order valence-corrected chi connectivity index (χ3v) is 5.46. The van der Waals surface area contributed by atoms with Crippen molar-refractivity contribution in [3.8, 4) is 17.2 Å². The number of para-hydroxylation sites is 2. The zero-order valence-corrected chi connectivity index (χ0v) is 17.9. The number of hydrogen-bond acceptors (Lipinski definition) is 4. The number of benzene rings is 4. The van der Waals surface area contributed by atoms with Gasteiger partial charge < -0.3 is 18.8 Å². The van der Waals surface area contributed by atoms with Crippen LogP contribution in [0.4, 0.5) is 0 Å². The van der Waals surface area contributed by atoms with E-state index in [0.717, 1.165) is 44.9 Å². The van der Waals surface area contributed by atoms with Crippen LogP contribution in [0.2, 0.25) is 0 Å². The van der Waals surface area contributed by atoms with Crippen LogP contribution in [0.25, 0.3) is 21.8 Å². The van der Waals surface area contributed by atoms with Gasteiger partial charge in [0.25, 0.3) is 0 Å². The third-order valence-electron chi connectivity index (χ3n) is 5.46. The van der Waals surface area contributed by atoms with Crippen molar-refractivity contribution in [3.05, 3.63) is 96.8 Å². The number of nitrogens with zero attached hydrogens (tertiary/aromatic N) is 2. The number of imidazole rings is 1. The van der Waals surface area contributed by atoms with E-state index in [1.807, 2.05) is 66.7 Å². The summed E-state index contributed by atoms with van der Waals surface area (Å²) in [6.45, 7) is 1.54. The molecule has 5 heteroatoms. The quantitative estimate of drug-likeness (QED) is 0.313. The molecule has 0 spiro atoms. The Kier molecular flexibility index (Phi) is 5.62. The van der Waals surface area contributed by atoms with Crippen molar-refractivity contribution in [2.45, 2.75) is 13.2 Å². The lowest BCUT2D eigenvalue weighted by Crippen LogP contribution is -2.13. The first kappa shape index (κ1) is 19.9. The van der Waals surface area contributed by atoms with Crippen molar-refractivity contribution >= 4 is 21.8 Å². The van der Waals surface area contributed by atoms with Crippen LogP contribution in [-0.4, -0.2) is 23.3 Å². The fraction of sp³-hybridized carbons (Fsp3) is 0.148. The van der Waals surface area contributed by atoms with Gasteiger partial charge in [-0.3, -0.25) is 0 Å². The fourth-order valence-electron chi connectivity index (χ4n) is 3.89. The Labute approximate surface area is 186 Å². The van der Waals surface area contributed by atoms with Gasteiger partial charge in [0.15, 0.2) is 0 Å². The van der Waals surface area contributed by atoms with Crippen LogP contribution in [0.15, 0.2) is 91.0 Å². The van der Waals surface area contributed by atoms with Crippen LogP contribution in [0.3, 0.4) is 0 Å². The highest BCUT2D eigenvalue weighted by Gasteiger charge is 2.12. The third kappa shape index (κ3) is 4.10. The van der Waals surface area contributed by atoms with Crippen molar-refractivity contribution in [2.75, 3.05) is 13.7 Å². The summed E-state index contributed by atoms with van der Waals surface area (Å²) < 4.78 is 19.7. The molecular formula is C27H24N2O3. The van der Waals surface area contributed by atoms with E-state index in [1.165, 1.54) is 0 Å². The molecule has 0 unspecified atom stereocenters. The topological polar surface area (TPSA) is 45.5 Å². The van der Waals surface area contributed by atoms with Gasteiger partial charge >= 0.3 is 0 Å². The number of hydrogen-bond donors (Lipinski definition) is 0. The second-order valence-electron chi connectivity index (χ2n) is 7.46. The molecule has 160 valence electrons. The van der Waals surface area contributed by atoms with Crippen LogP contribution in [0.1, 0.15) is 5.82 Å². The molecule has 5 aromatic rings. The summed E-state index contributed by atoms with van der Waals surface area (Å²) in [5, 5.41) is 2.25. The molecule has 0 bridgehead atoms. The molecule has 0 atom stereocenters. The van der Waals surface area contributed by atoms with Crippen LogP contribution in [0, 0.1) is 0 Å². The lowest BCUT2D eigenvalue weighted by atomic mass is 10.1. The Morgan fingerprint density at radius 1 is 0.781 bits per heavy atom. The second kappa shape index (κ2) is 9.02. The zero-order chi connectivity index (χ0) is 21.8. The molecule has 0 saturated heterocycles. The van der Waals surface area contributed by atoms with Gasteiger partial charge in [-0.2, -0.15) is 0 Å². The van der Waals surface area contributed by atoms with E-state index in [-0.39, 0.29) is 0 Å². The number of rotatable bonds is 8. The molecule has 0 radical (unpaired) electrons. The second-order valence-corrected chi connectivity index (χ2v) is 7.46. The van der Waals surface area contributed by atoms with Gasteiger partial charge in [0.1, 0.15) is 36.3 Å². The maximum absolute atomic E-state index is 6.23. The minimum atomic E-state index is 0.377. The van der Waals surface area contributed by atoms with Crippen LogP contribution in [0.5, 0.6) is 17.2 Å². The lowest BCUT2D eigenvalue weighted by molar-refractivity contribution is 0.273. The Hall–Kier alpha value is -3.99. The predicted molar refractivity (Wildman–Crippen MR) is 127 cm³/mol. The zero-order valence-electron chi connectivity index (χ0n) is 17.9. The highest BCUT2D eigenvalue weighted by atomic mass is 16.5.